The number of hydrogen-bond donors (Lipinski definition) is 2. The molecular weight excluding hydrogens is 566 g/mol. The molecule has 3 aromatic carbocycles. The second-order valence-electron chi connectivity index (χ2n) is 11.2. The summed E-state index contributed by atoms with van der Waals surface area (Å²) in [6, 6.07) is 16.8. The van der Waals surface area contributed by atoms with Crippen LogP contribution in [0.25, 0.3) is 22.0 Å². The fourth-order valence-electron chi connectivity index (χ4n) is 5.84. The van der Waals surface area contributed by atoms with Gasteiger partial charge in [-0.1, -0.05) is 23.8 Å². The summed E-state index contributed by atoms with van der Waals surface area (Å²) in [5.41, 5.74) is 5.91. The van der Waals surface area contributed by atoms with Crippen molar-refractivity contribution in [1.29, 1.82) is 0 Å². The first-order valence-corrected chi connectivity index (χ1v) is 16.1. The van der Waals surface area contributed by atoms with Crippen LogP contribution < -0.4 is 15.0 Å². The number of anilines is 1. The maximum atomic E-state index is 13.3. The molecule has 0 bridgehead atoms. The number of nitrogens with one attached hydrogen (secondary N) is 2. The second-order valence-corrected chi connectivity index (χ2v) is 13.1. The third-order valence-corrected chi connectivity index (χ3v) is 10.2. The van der Waals surface area contributed by atoms with Gasteiger partial charge >= 0.3 is 0 Å². The molecule has 2 fully saturated rings. The number of aromatic amines is 1. The third kappa shape index (κ3) is 5.84. The Morgan fingerprint density at radius 1 is 0.977 bits per heavy atom. The maximum absolute atomic E-state index is 13.3. The van der Waals surface area contributed by atoms with Gasteiger partial charge in [-0.3, -0.25) is 9.89 Å². The molecule has 0 radical (unpaired) electrons. The monoisotopic (exact) mass is 603 g/mol. The van der Waals surface area contributed by atoms with Gasteiger partial charge in [0.15, 0.2) is 0 Å². The van der Waals surface area contributed by atoms with Gasteiger partial charge in [0.25, 0.3) is 5.91 Å². The number of carbonyl (C=O) groups excluding carboxylic acids is 1. The topological polar surface area (TPSA) is 117 Å². The lowest BCUT2D eigenvalue weighted by molar-refractivity contribution is 0.0262. The summed E-state index contributed by atoms with van der Waals surface area (Å²) >= 11 is 0. The smallest absolute Gasteiger partial charge is 0.253 e. The Balaban J connectivity index is 1.31. The summed E-state index contributed by atoms with van der Waals surface area (Å²) in [6.07, 6.45) is 1.73. The molecule has 0 unspecified atom stereocenters. The van der Waals surface area contributed by atoms with Gasteiger partial charge in [0.2, 0.25) is 10.0 Å². The molecule has 4 aromatic rings. The zero-order valence-corrected chi connectivity index (χ0v) is 25.5. The molecule has 2 N–H and O–H groups in total. The minimum absolute atomic E-state index is 0.0696. The number of aromatic nitrogens is 2. The molecule has 10 nitrogen and oxygen atoms in total. The van der Waals surface area contributed by atoms with Crippen molar-refractivity contribution in [3.8, 4) is 16.9 Å². The second kappa shape index (κ2) is 12.0. The summed E-state index contributed by atoms with van der Waals surface area (Å²) in [5, 5.41) is 11.3. The van der Waals surface area contributed by atoms with Gasteiger partial charge in [-0.25, -0.2) is 8.42 Å². The van der Waals surface area contributed by atoms with Gasteiger partial charge < -0.3 is 19.7 Å². The van der Waals surface area contributed by atoms with Crippen molar-refractivity contribution in [1.82, 2.24) is 19.8 Å². The molecule has 43 heavy (non-hydrogen) atoms. The van der Waals surface area contributed by atoms with E-state index in [1.165, 1.54) is 4.31 Å². The lowest BCUT2D eigenvalue weighted by Gasteiger charge is -2.36. The molecule has 3 heterocycles. The van der Waals surface area contributed by atoms with Crippen LogP contribution in [0.3, 0.4) is 0 Å². The van der Waals surface area contributed by atoms with Gasteiger partial charge in [-0.2, -0.15) is 9.40 Å². The first-order valence-electron chi connectivity index (χ1n) is 14.7. The number of rotatable bonds is 7. The number of carbonyl (C=O) groups is 1. The molecule has 2 aliphatic heterocycles. The Bertz CT molecular complexity index is 1740. The van der Waals surface area contributed by atoms with Crippen molar-refractivity contribution in [2.75, 3.05) is 51.3 Å². The lowest BCUT2D eigenvalue weighted by Crippen LogP contribution is -2.49. The fraction of sp³-hybridized carbons (Fsp3) is 0.375. The number of nitrogens with zero attached hydrogens (tertiary/aromatic N) is 3. The van der Waals surface area contributed by atoms with Crippen molar-refractivity contribution in [3.63, 3.8) is 0 Å². The lowest BCUT2D eigenvalue weighted by atomic mass is 9.99. The Labute approximate surface area is 252 Å². The molecule has 1 amide bonds. The summed E-state index contributed by atoms with van der Waals surface area (Å²) in [7, 11) is -1.99. The Morgan fingerprint density at radius 3 is 2.40 bits per heavy atom. The Morgan fingerprint density at radius 2 is 1.70 bits per heavy atom. The number of sulfonamides is 1. The van der Waals surface area contributed by atoms with E-state index in [4.69, 9.17) is 9.47 Å². The van der Waals surface area contributed by atoms with E-state index in [-0.39, 0.29) is 12.0 Å². The normalized spacial score (nSPS) is 16.9. The van der Waals surface area contributed by atoms with Gasteiger partial charge in [0.1, 0.15) is 11.9 Å². The van der Waals surface area contributed by atoms with Crippen LogP contribution in [0.1, 0.15) is 34.5 Å². The summed E-state index contributed by atoms with van der Waals surface area (Å²) < 4.78 is 40.1. The first-order chi connectivity index (χ1) is 20.7. The molecule has 6 rings (SSSR count). The van der Waals surface area contributed by atoms with Crippen LogP contribution in [-0.2, 0) is 14.8 Å². The van der Waals surface area contributed by atoms with Crippen LogP contribution >= 0.6 is 0 Å². The van der Waals surface area contributed by atoms with Gasteiger partial charge in [-0.15, -0.1) is 0 Å². The SMILES string of the molecule is CNC(=O)c1ccc(-c2cc(OC3CCOCC3)c3c(C)n[nH]c3c2)cc1N1CCN(S(=O)(=O)c2ccc(C)cc2)CC1. The van der Waals surface area contributed by atoms with Crippen molar-refractivity contribution in [2.24, 2.45) is 0 Å². The highest BCUT2D eigenvalue weighted by molar-refractivity contribution is 7.89. The van der Waals surface area contributed by atoms with Crippen LogP contribution in [0.5, 0.6) is 5.75 Å². The quantitative estimate of drug-likeness (QED) is 0.324. The van der Waals surface area contributed by atoms with Crippen molar-refractivity contribution >= 4 is 32.5 Å². The van der Waals surface area contributed by atoms with Gasteiger partial charge in [0, 0.05) is 46.1 Å². The number of fused-ring (bicyclic) bond motifs is 1. The highest BCUT2D eigenvalue weighted by Crippen LogP contribution is 2.37. The standard InChI is InChI=1S/C32H37N5O5S/c1-21-4-7-26(8-5-21)43(39,40)37-14-12-36(13-15-37)29-19-23(6-9-27(29)32(38)33-3)24-18-28-31(22(2)34-35-28)30(20-24)42-25-10-16-41-17-11-25/h4-9,18-20,25H,10-17H2,1-3H3,(H,33,38)(H,34,35). The van der Waals surface area contributed by atoms with E-state index in [0.717, 1.165) is 57.6 Å². The molecule has 0 atom stereocenters. The molecular formula is C32H37N5O5S. The van der Waals surface area contributed by atoms with E-state index in [2.05, 4.69) is 26.5 Å². The Kier molecular flexibility index (Phi) is 8.13. The number of benzene rings is 3. The molecule has 1 aromatic heterocycles. The van der Waals surface area contributed by atoms with Crippen molar-refractivity contribution < 1.29 is 22.7 Å². The summed E-state index contributed by atoms with van der Waals surface area (Å²) in [6.45, 7) is 6.80. The number of aryl methyl sites for hydroxylation is 2. The van der Waals surface area contributed by atoms with E-state index in [0.29, 0.717) is 49.9 Å². The largest absolute Gasteiger partial charge is 0.489 e. The highest BCUT2D eigenvalue weighted by atomic mass is 32.2. The minimum atomic E-state index is -3.61. The van der Waals surface area contributed by atoms with Gasteiger partial charge in [-0.05, 0) is 61.4 Å². The Hall–Kier alpha value is -3.93. The third-order valence-electron chi connectivity index (χ3n) is 8.31. The van der Waals surface area contributed by atoms with E-state index < -0.39 is 10.0 Å². The van der Waals surface area contributed by atoms with Crippen molar-refractivity contribution in [3.05, 3.63) is 71.4 Å². The molecule has 0 aliphatic carbocycles. The van der Waals surface area contributed by atoms with E-state index >= 15 is 0 Å². The van der Waals surface area contributed by atoms with Crippen LogP contribution in [0.15, 0.2) is 59.5 Å². The zero-order chi connectivity index (χ0) is 30.1. The van der Waals surface area contributed by atoms with Crippen LogP contribution in [-0.4, -0.2) is 81.4 Å². The predicted octanol–water partition coefficient (Wildman–Crippen LogP) is 4.28. The van der Waals surface area contributed by atoms with Crippen LogP contribution in [0.2, 0.25) is 0 Å². The molecule has 0 spiro atoms. The molecule has 2 aliphatic rings. The van der Waals surface area contributed by atoms with Crippen LogP contribution in [0.4, 0.5) is 5.69 Å². The minimum Gasteiger partial charge on any atom is -0.489 e. The average Bonchev–Trinajstić information content (AvgIpc) is 3.41. The van der Waals surface area contributed by atoms with E-state index in [1.54, 1.807) is 19.2 Å². The van der Waals surface area contributed by atoms with Crippen LogP contribution in [0, 0.1) is 13.8 Å². The average molecular weight is 604 g/mol. The molecule has 11 heteroatoms. The fourth-order valence-corrected chi connectivity index (χ4v) is 7.26. The number of amides is 1. The molecule has 0 saturated carbocycles. The number of hydrogen-bond acceptors (Lipinski definition) is 7. The first kappa shape index (κ1) is 29.2. The number of piperazine rings is 1. The molecule has 2 saturated heterocycles. The highest BCUT2D eigenvalue weighted by Gasteiger charge is 2.30. The van der Waals surface area contributed by atoms with Crippen molar-refractivity contribution in [2.45, 2.75) is 37.7 Å². The van der Waals surface area contributed by atoms with Gasteiger partial charge in [0.05, 0.1) is 46.0 Å². The maximum Gasteiger partial charge on any atom is 0.253 e. The van der Waals surface area contributed by atoms with E-state index in [9.17, 15) is 13.2 Å². The van der Waals surface area contributed by atoms with E-state index in [1.807, 2.05) is 50.2 Å². The zero-order valence-electron chi connectivity index (χ0n) is 24.7. The summed E-state index contributed by atoms with van der Waals surface area (Å²) in [4.78, 5) is 15.3. The predicted molar refractivity (Wildman–Crippen MR) is 166 cm³/mol. The number of ether oxygens (including phenoxy) is 2. The number of H-pyrrole nitrogens is 1. The molecule has 226 valence electrons. The summed E-state index contributed by atoms with van der Waals surface area (Å²) in [5.74, 6) is 0.581.